The second-order valence-corrected chi connectivity index (χ2v) is 9.08. The highest BCUT2D eigenvalue weighted by molar-refractivity contribution is 6.62. The molecule has 0 amide bonds. The van der Waals surface area contributed by atoms with Gasteiger partial charge in [0.15, 0.2) is 0 Å². The molecule has 0 saturated carbocycles. The number of hydrogen-bond acceptors (Lipinski definition) is 7. The van der Waals surface area contributed by atoms with Crippen LogP contribution in [0.2, 0.25) is 5.54 Å². The Labute approximate surface area is 158 Å². The molecule has 2 N–H and O–H groups in total. The number of aliphatic hydroxyl groups is 2. The number of rotatable bonds is 17. The molecular formula is C18H36O7Si. The van der Waals surface area contributed by atoms with E-state index in [1.54, 1.807) is 0 Å². The van der Waals surface area contributed by atoms with Gasteiger partial charge < -0.3 is 33.0 Å². The lowest BCUT2D eigenvalue weighted by molar-refractivity contribution is -0.000797. The van der Waals surface area contributed by atoms with Crippen LogP contribution in [0.5, 0.6) is 0 Å². The topological polar surface area (TPSA) is 89.9 Å². The molecule has 0 bridgehead atoms. The highest BCUT2D eigenvalue weighted by atomic mass is 28.4. The van der Waals surface area contributed by atoms with Gasteiger partial charge in [-0.2, -0.15) is 0 Å². The number of epoxide rings is 1. The van der Waals surface area contributed by atoms with Crippen LogP contribution in [-0.2, 0) is 22.8 Å². The van der Waals surface area contributed by atoms with Gasteiger partial charge in [-0.25, -0.2) is 0 Å². The third kappa shape index (κ3) is 7.36. The summed E-state index contributed by atoms with van der Waals surface area (Å²) in [6.45, 7) is 12.2. The highest BCUT2D eigenvalue weighted by Gasteiger charge is 2.55. The van der Waals surface area contributed by atoms with Crippen LogP contribution in [0.25, 0.3) is 0 Å². The Morgan fingerprint density at radius 3 is 2.19 bits per heavy atom. The second-order valence-electron chi connectivity index (χ2n) is 6.27. The molecule has 0 radical (unpaired) electrons. The number of allylic oxidation sites excluding steroid dienone is 1. The van der Waals surface area contributed by atoms with Crippen molar-refractivity contribution in [3.05, 3.63) is 12.7 Å². The quantitative estimate of drug-likeness (QED) is 0.169. The first kappa shape index (κ1) is 23.7. The van der Waals surface area contributed by atoms with E-state index in [4.69, 9.17) is 27.9 Å². The summed E-state index contributed by atoms with van der Waals surface area (Å²) in [6.07, 6.45) is 2.66. The van der Waals surface area contributed by atoms with Crippen LogP contribution >= 0.6 is 0 Å². The Balaban J connectivity index is 2.95. The zero-order valence-electron chi connectivity index (χ0n) is 16.4. The molecule has 1 fully saturated rings. The predicted octanol–water partition coefficient (Wildman–Crippen LogP) is 1.76. The summed E-state index contributed by atoms with van der Waals surface area (Å²) in [6, 6.07) is 0. The fraction of sp³-hybridized carbons (Fsp3) is 0.889. The first-order chi connectivity index (χ1) is 12.6. The smallest absolute Gasteiger partial charge is 0.394 e. The van der Waals surface area contributed by atoms with Gasteiger partial charge in [0.25, 0.3) is 0 Å². The van der Waals surface area contributed by atoms with Crippen LogP contribution in [0.15, 0.2) is 12.7 Å². The van der Waals surface area contributed by atoms with Crippen molar-refractivity contribution in [2.75, 3.05) is 46.2 Å². The first-order valence-electron chi connectivity index (χ1n) is 9.59. The van der Waals surface area contributed by atoms with E-state index in [0.29, 0.717) is 32.8 Å². The summed E-state index contributed by atoms with van der Waals surface area (Å²) >= 11 is 0. The molecule has 0 aromatic heterocycles. The molecular weight excluding hydrogens is 356 g/mol. The average molecular weight is 393 g/mol. The minimum absolute atomic E-state index is 0.0131. The van der Waals surface area contributed by atoms with Crippen molar-refractivity contribution < 1.29 is 33.0 Å². The van der Waals surface area contributed by atoms with Crippen LogP contribution in [0.3, 0.4) is 0 Å². The fourth-order valence-electron chi connectivity index (χ4n) is 3.26. The Morgan fingerprint density at radius 1 is 1.19 bits per heavy atom. The Kier molecular flexibility index (Phi) is 11.8. The van der Waals surface area contributed by atoms with Crippen molar-refractivity contribution in [3.63, 3.8) is 0 Å². The molecule has 0 aromatic carbocycles. The van der Waals surface area contributed by atoms with Crippen molar-refractivity contribution in [1.82, 2.24) is 0 Å². The van der Waals surface area contributed by atoms with Crippen LogP contribution in [0.4, 0.5) is 0 Å². The molecule has 1 heterocycles. The normalized spacial score (nSPS) is 20.6. The third-order valence-electron chi connectivity index (χ3n) is 4.38. The number of ether oxygens (including phenoxy) is 2. The largest absolute Gasteiger partial charge is 0.504 e. The molecule has 1 aliphatic rings. The van der Waals surface area contributed by atoms with Gasteiger partial charge >= 0.3 is 8.80 Å². The van der Waals surface area contributed by atoms with Crippen molar-refractivity contribution >= 4 is 8.80 Å². The maximum atomic E-state index is 9.45. The molecule has 1 aliphatic heterocycles. The Morgan fingerprint density at radius 2 is 1.77 bits per heavy atom. The predicted molar refractivity (Wildman–Crippen MR) is 101 cm³/mol. The second kappa shape index (κ2) is 13.0. The summed E-state index contributed by atoms with van der Waals surface area (Å²) in [5.41, 5.74) is 0.0131. The van der Waals surface area contributed by atoms with E-state index < -0.39 is 14.9 Å². The molecule has 8 heteroatoms. The zero-order valence-corrected chi connectivity index (χ0v) is 17.4. The lowest BCUT2D eigenvalue weighted by Gasteiger charge is -2.39. The van der Waals surface area contributed by atoms with Crippen molar-refractivity contribution in [2.45, 2.75) is 51.4 Å². The Hall–Kier alpha value is -0.323. The van der Waals surface area contributed by atoms with Crippen LogP contribution in [-0.4, -0.2) is 77.5 Å². The number of aliphatic hydroxyl groups excluding tert-OH is 2. The molecule has 1 rings (SSSR count). The lowest BCUT2D eigenvalue weighted by atomic mass is 9.95. The van der Waals surface area contributed by atoms with Crippen LogP contribution < -0.4 is 0 Å². The molecule has 0 aliphatic carbocycles. The van der Waals surface area contributed by atoms with Gasteiger partial charge in [0, 0.05) is 32.0 Å². The van der Waals surface area contributed by atoms with E-state index in [2.05, 4.69) is 6.58 Å². The van der Waals surface area contributed by atoms with Gasteiger partial charge in [-0.3, -0.25) is 0 Å². The minimum atomic E-state index is -2.95. The molecule has 154 valence electrons. The van der Waals surface area contributed by atoms with Gasteiger partial charge in [-0.05, 0) is 39.5 Å². The van der Waals surface area contributed by atoms with Crippen molar-refractivity contribution in [2.24, 2.45) is 5.92 Å². The maximum Gasteiger partial charge on any atom is 0.504 e. The monoisotopic (exact) mass is 392 g/mol. The SMILES string of the molecule is C=CCC(C1CO1)C(CCOCC(O)CO)[Si](OCC)(OCC)OCC. The van der Waals surface area contributed by atoms with E-state index in [9.17, 15) is 5.11 Å². The summed E-state index contributed by atoms with van der Waals surface area (Å²) in [5.74, 6) is 0.190. The fourth-order valence-corrected chi connectivity index (χ4v) is 6.70. The minimum Gasteiger partial charge on any atom is -0.394 e. The van der Waals surface area contributed by atoms with E-state index in [0.717, 1.165) is 13.0 Å². The van der Waals surface area contributed by atoms with Gasteiger partial charge in [0.05, 0.1) is 25.9 Å². The molecule has 0 spiro atoms. The van der Waals surface area contributed by atoms with Gasteiger partial charge in [-0.15, -0.1) is 6.58 Å². The highest BCUT2D eigenvalue weighted by Crippen LogP contribution is 2.43. The summed E-state index contributed by atoms with van der Waals surface area (Å²) < 4.78 is 29.6. The number of hydrogen-bond donors (Lipinski definition) is 2. The van der Waals surface area contributed by atoms with Crippen LogP contribution in [0.1, 0.15) is 33.6 Å². The van der Waals surface area contributed by atoms with E-state index in [-0.39, 0.29) is 30.8 Å². The third-order valence-corrected chi connectivity index (χ3v) is 8.08. The van der Waals surface area contributed by atoms with Gasteiger partial charge in [-0.1, -0.05) is 6.08 Å². The maximum absolute atomic E-state index is 9.45. The zero-order chi connectivity index (χ0) is 19.4. The van der Waals surface area contributed by atoms with E-state index in [1.807, 2.05) is 26.8 Å². The summed E-state index contributed by atoms with van der Waals surface area (Å²) in [5, 5.41) is 18.4. The summed E-state index contributed by atoms with van der Waals surface area (Å²) in [4.78, 5) is 0. The van der Waals surface area contributed by atoms with E-state index in [1.165, 1.54) is 0 Å². The van der Waals surface area contributed by atoms with Crippen molar-refractivity contribution in [3.8, 4) is 0 Å². The average Bonchev–Trinajstić information content (AvgIpc) is 3.45. The van der Waals surface area contributed by atoms with Crippen molar-refractivity contribution in [1.29, 1.82) is 0 Å². The molecule has 1 saturated heterocycles. The van der Waals surface area contributed by atoms with Gasteiger partial charge in [0.2, 0.25) is 0 Å². The Bertz CT molecular complexity index is 362. The van der Waals surface area contributed by atoms with E-state index >= 15 is 0 Å². The lowest BCUT2D eigenvalue weighted by Crippen LogP contribution is -2.53. The first-order valence-corrected chi connectivity index (χ1v) is 11.4. The molecule has 26 heavy (non-hydrogen) atoms. The summed E-state index contributed by atoms with van der Waals surface area (Å²) in [7, 11) is -2.95. The van der Waals surface area contributed by atoms with Crippen LogP contribution in [0, 0.1) is 5.92 Å². The molecule has 4 unspecified atom stereocenters. The molecule has 7 nitrogen and oxygen atoms in total. The van der Waals surface area contributed by atoms with Gasteiger partial charge in [0.1, 0.15) is 6.10 Å². The standard InChI is InChI=1S/C18H36O7Si/c1-5-9-16(17-14-22-17)18(10-11-21-13-15(20)12-19)26(23-6-2,24-7-3)25-8-4/h5,15-20H,1,6-14H2,2-4H3. The molecule has 4 atom stereocenters. The molecule has 0 aromatic rings.